The first-order valence-corrected chi connectivity index (χ1v) is 11.8. The van der Waals surface area contributed by atoms with Crippen LogP contribution >= 0.6 is 0 Å². The van der Waals surface area contributed by atoms with Crippen LogP contribution in [0, 0.1) is 29.4 Å². The van der Waals surface area contributed by atoms with Crippen LogP contribution < -0.4 is 10.5 Å². The maximum Gasteiger partial charge on any atom is 0.224 e. The number of nitrogen functional groups attached to an aromatic ring is 1. The molecule has 176 valence electrons. The second kappa shape index (κ2) is 9.41. The lowest BCUT2D eigenvalue weighted by Crippen LogP contribution is -2.29. The number of aromatic amines is 1. The van der Waals surface area contributed by atoms with E-state index in [0.717, 1.165) is 23.8 Å². The van der Waals surface area contributed by atoms with Crippen molar-refractivity contribution in [1.82, 2.24) is 15.0 Å². The minimum Gasteiger partial charge on any atom is -0.439 e. The van der Waals surface area contributed by atoms with E-state index in [1.54, 1.807) is 44.2 Å². The minimum absolute atomic E-state index is 0.174. The predicted octanol–water partition coefficient (Wildman–Crippen LogP) is 7.11. The van der Waals surface area contributed by atoms with Crippen molar-refractivity contribution < 1.29 is 13.5 Å². The molecule has 3 N–H and O–H groups in total. The predicted molar refractivity (Wildman–Crippen MR) is 129 cm³/mol. The van der Waals surface area contributed by atoms with Gasteiger partial charge in [-0.1, -0.05) is 38.0 Å². The lowest BCUT2D eigenvalue weighted by atomic mass is 9.65. The summed E-state index contributed by atoms with van der Waals surface area (Å²) in [6, 6.07) is 12.6. The Morgan fingerprint density at radius 1 is 1.00 bits per heavy atom. The number of ether oxygens (including phenoxy) is 1. The largest absolute Gasteiger partial charge is 0.439 e. The van der Waals surface area contributed by atoms with Gasteiger partial charge in [0, 0.05) is 29.3 Å². The highest BCUT2D eigenvalue weighted by Gasteiger charge is 2.32. The van der Waals surface area contributed by atoms with Crippen LogP contribution in [0.1, 0.15) is 39.0 Å². The summed E-state index contributed by atoms with van der Waals surface area (Å²) in [6.07, 6.45) is 9.25. The zero-order valence-corrected chi connectivity index (χ0v) is 19.1. The molecule has 0 saturated heterocycles. The number of halogens is 2. The van der Waals surface area contributed by atoms with Crippen molar-refractivity contribution in [2.75, 3.05) is 5.73 Å². The monoisotopic (exact) mass is 462 g/mol. The van der Waals surface area contributed by atoms with Gasteiger partial charge in [0.05, 0.1) is 5.52 Å². The van der Waals surface area contributed by atoms with Crippen molar-refractivity contribution in [3.8, 4) is 23.0 Å². The molecule has 2 heterocycles. The van der Waals surface area contributed by atoms with E-state index in [9.17, 15) is 8.78 Å². The van der Waals surface area contributed by atoms with E-state index in [1.807, 2.05) is 18.2 Å². The zero-order valence-electron chi connectivity index (χ0n) is 19.1. The number of nitrogens with one attached hydrogen (secondary N) is 1. The Morgan fingerprint density at radius 2 is 1.76 bits per heavy atom. The summed E-state index contributed by atoms with van der Waals surface area (Å²) >= 11 is 0. The second-order valence-electron chi connectivity index (χ2n) is 9.38. The molecule has 7 heteroatoms. The van der Waals surface area contributed by atoms with Crippen LogP contribution in [0.4, 0.5) is 14.6 Å². The van der Waals surface area contributed by atoms with Gasteiger partial charge in [-0.15, -0.1) is 0 Å². The molecule has 34 heavy (non-hydrogen) atoms. The molecule has 1 unspecified atom stereocenters. The first-order valence-electron chi connectivity index (χ1n) is 11.8. The van der Waals surface area contributed by atoms with Crippen molar-refractivity contribution >= 4 is 16.7 Å². The summed E-state index contributed by atoms with van der Waals surface area (Å²) in [4.78, 5) is 11.2. The molecule has 3 saturated carbocycles. The van der Waals surface area contributed by atoms with Crippen LogP contribution in [0.5, 0.6) is 11.6 Å². The topological polar surface area (TPSA) is 76.8 Å². The zero-order chi connectivity index (χ0) is 23.7. The third-order valence-electron chi connectivity index (χ3n) is 7.04. The Bertz CT molecular complexity index is 1280. The highest BCUT2D eigenvalue weighted by Crippen LogP contribution is 2.44. The number of anilines is 1. The number of nitrogens with two attached hydrogens (primary N) is 1. The molecule has 1 atom stereocenters. The van der Waals surface area contributed by atoms with E-state index >= 15 is 0 Å². The minimum atomic E-state index is -0.689. The number of fused-ring (bicyclic) bond motifs is 4. The summed E-state index contributed by atoms with van der Waals surface area (Å²) in [5.41, 5.74) is 6.44. The molecule has 0 amide bonds. The summed E-state index contributed by atoms with van der Waals surface area (Å²) < 4.78 is 33.1. The highest BCUT2D eigenvalue weighted by atomic mass is 19.1. The van der Waals surface area contributed by atoms with Crippen LogP contribution in [0.3, 0.4) is 0 Å². The van der Waals surface area contributed by atoms with Gasteiger partial charge in [0.15, 0.2) is 5.82 Å². The third-order valence-corrected chi connectivity index (χ3v) is 7.04. The third kappa shape index (κ3) is 4.74. The van der Waals surface area contributed by atoms with E-state index < -0.39 is 11.6 Å². The van der Waals surface area contributed by atoms with Gasteiger partial charge in [-0.05, 0) is 55.2 Å². The van der Waals surface area contributed by atoms with Crippen LogP contribution in [-0.4, -0.2) is 15.0 Å². The molecular weight excluding hydrogens is 434 g/mol. The fraction of sp³-hybridized carbons (Fsp3) is 0.333. The van der Waals surface area contributed by atoms with Gasteiger partial charge in [-0.2, -0.15) is 4.98 Å². The number of aromatic nitrogens is 3. The molecule has 0 radical (unpaired) electrons. The number of para-hydroxylation sites is 1. The molecule has 3 aliphatic carbocycles. The standard InChI is InChI=1S/C18H12F2N4O.C9H16/c19-10-6-12-13(9-22-17(12)14(20)7-10)18-23-15(21)8-16(24-18)25-11-4-2-1-3-5-11;1-7-6-8-2-4-9(7)5-3-8/h1-9,22H,(H2,21,23,24);7-9H,2-6H2,1H3. The maximum atomic E-state index is 13.9. The van der Waals surface area contributed by atoms with Crippen LogP contribution in [0.15, 0.2) is 54.7 Å². The first-order chi connectivity index (χ1) is 16.5. The Morgan fingerprint density at radius 3 is 2.41 bits per heavy atom. The number of rotatable bonds is 3. The fourth-order valence-electron chi connectivity index (χ4n) is 5.28. The number of benzene rings is 2. The Labute approximate surface area is 197 Å². The average Bonchev–Trinajstić information content (AvgIpc) is 3.25. The van der Waals surface area contributed by atoms with Crippen molar-refractivity contribution in [2.24, 2.45) is 17.8 Å². The molecule has 0 aliphatic heterocycles. The van der Waals surface area contributed by atoms with Gasteiger partial charge < -0.3 is 15.5 Å². The quantitative estimate of drug-likeness (QED) is 0.340. The molecule has 2 aromatic carbocycles. The van der Waals surface area contributed by atoms with E-state index in [-0.39, 0.29) is 23.0 Å². The van der Waals surface area contributed by atoms with Gasteiger partial charge >= 0.3 is 0 Å². The molecule has 3 aliphatic rings. The summed E-state index contributed by atoms with van der Waals surface area (Å²) in [6.45, 7) is 2.44. The molecule has 0 spiro atoms. The van der Waals surface area contributed by atoms with Crippen LogP contribution in [0.2, 0.25) is 0 Å². The average molecular weight is 463 g/mol. The fourth-order valence-corrected chi connectivity index (χ4v) is 5.28. The number of hydrogen-bond acceptors (Lipinski definition) is 4. The van der Waals surface area contributed by atoms with E-state index in [1.165, 1.54) is 18.3 Å². The second-order valence-corrected chi connectivity index (χ2v) is 9.38. The maximum absolute atomic E-state index is 13.9. The Hall–Kier alpha value is -3.48. The molecular formula is C27H28F2N4O. The van der Waals surface area contributed by atoms with Gasteiger partial charge in [-0.3, -0.25) is 0 Å². The first kappa shape index (κ1) is 22.3. The van der Waals surface area contributed by atoms with E-state index in [4.69, 9.17) is 10.5 Å². The van der Waals surface area contributed by atoms with E-state index in [2.05, 4.69) is 21.9 Å². The van der Waals surface area contributed by atoms with Crippen LogP contribution in [-0.2, 0) is 0 Å². The lowest BCUT2D eigenvalue weighted by Gasteiger charge is -2.40. The normalized spacial score (nSPS) is 21.2. The van der Waals surface area contributed by atoms with Crippen LogP contribution in [0.25, 0.3) is 22.3 Å². The Balaban J connectivity index is 0.000000222. The SMILES string of the molecule is CC1CC2CCC1CC2.Nc1cc(Oc2ccccc2)nc(-c2c[nH]c3c(F)cc(F)cc23)n1. The smallest absolute Gasteiger partial charge is 0.224 e. The number of hydrogen-bond donors (Lipinski definition) is 2. The van der Waals surface area contributed by atoms with E-state index in [0.29, 0.717) is 16.7 Å². The number of nitrogens with zero attached hydrogens (tertiary/aromatic N) is 2. The Kier molecular flexibility index (Phi) is 6.18. The summed E-state index contributed by atoms with van der Waals surface area (Å²) in [5.74, 6) is 3.16. The molecule has 3 fully saturated rings. The van der Waals surface area contributed by atoms with Gasteiger partial charge in [0.25, 0.3) is 0 Å². The lowest BCUT2D eigenvalue weighted by molar-refractivity contribution is 0.111. The van der Waals surface area contributed by atoms with Gasteiger partial charge in [-0.25, -0.2) is 13.8 Å². The molecule has 4 aromatic rings. The molecule has 2 bridgehead atoms. The van der Waals surface area contributed by atoms with Crippen molar-refractivity contribution in [2.45, 2.75) is 39.0 Å². The molecule has 2 aromatic heterocycles. The summed E-state index contributed by atoms with van der Waals surface area (Å²) in [5, 5.41) is 0.328. The van der Waals surface area contributed by atoms with Crippen molar-refractivity contribution in [3.63, 3.8) is 0 Å². The summed E-state index contributed by atoms with van der Waals surface area (Å²) in [7, 11) is 0. The van der Waals surface area contributed by atoms with Crippen molar-refractivity contribution in [1.29, 1.82) is 0 Å². The highest BCUT2D eigenvalue weighted by molar-refractivity contribution is 5.94. The number of H-pyrrole nitrogens is 1. The van der Waals surface area contributed by atoms with Gasteiger partial charge in [0.2, 0.25) is 5.88 Å². The molecule has 5 nitrogen and oxygen atoms in total. The molecule has 7 rings (SSSR count). The van der Waals surface area contributed by atoms with Crippen molar-refractivity contribution in [3.05, 3.63) is 66.4 Å². The van der Waals surface area contributed by atoms with Gasteiger partial charge in [0.1, 0.15) is 23.2 Å².